The Labute approximate surface area is 175 Å². The van der Waals surface area contributed by atoms with Crippen LogP contribution in [0.1, 0.15) is 23.2 Å². The summed E-state index contributed by atoms with van der Waals surface area (Å²) in [6, 6.07) is 18.8. The maximum Gasteiger partial charge on any atom is 0.259 e. The van der Waals surface area contributed by atoms with Crippen molar-refractivity contribution in [2.75, 3.05) is 23.7 Å². The molecule has 0 aliphatic carbocycles. The quantitative estimate of drug-likeness (QED) is 0.630. The standard InChI is InChI=1S/C23H23ClN4O/c24-20-7-4-14-27-22(20)28(18-5-3-13-26-15-18)23(29)17-11-9-16(10-12-17)19-6-1-2-8-21(19)25/h1-2,4,6-12,14,18,26H,3,5,13,15,25H2/t18-/m1/s1. The number of carbonyl (C=O) groups excluding carboxylic acids is 1. The van der Waals surface area contributed by atoms with Crippen molar-refractivity contribution in [2.45, 2.75) is 18.9 Å². The molecule has 1 atom stereocenters. The SMILES string of the molecule is Nc1ccccc1-c1ccc(C(=O)N(c2ncccc2Cl)[C@@H]2CCCNC2)cc1. The van der Waals surface area contributed by atoms with E-state index >= 15 is 0 Å². The number of nitrogens with one attached hydrogen (secondary N) is 1. The van der Waals surface area contributed by atoms with Crippen LogP contribution in [0.15, 0.2) is 66.9 Å². The molecule has 148 valence electrons. The fraction of sp³-hybridized carbons (Fsp3) is 0.217. The molecule has 0 saturated carbocycles. The summed E-state index contributed by atoms with van der Waals surface area (Å²) < 4.78 is 0. The second-order valence-corrected chi connectivity index (χ2v) is 7.56. The van der Waals surface area contributed by atoms with E-state index in [-0.39, 0.29) is 11.9 Å². The first-order valence-electron chi connectivity index (χ1n) is 9.75. The van der Waals surface area contributed by atoms with Crippen LogP contribution in [-0.2, 0) is 0 Å². The third-order valence-electron chi connectivity index (χ3n) is 5.23. The fourth-order valence-electron chi connectivity index (χ4n) is 3.73. The van der Waals surface area contributed by atoms with Gasteiger partial charge in [-0.2, -0.15) is 0 Å². The van der Waals surface area contributed by atoms with Crippen LogP contribution < -0.4 is 16.0 Å². The summed E-state index contributed by atoms with van der Waals surface area (Å²) in [6.07, 6.45) is 3.58. The summed E-state index contributed by atoms with van der Waals surface area (Å²) in [4.78, 5) is 19.6. The number of aromatic nitrogens is 1. The molecule has 3 N–H and O–H groups in total. The molecule has 2 aromatic carbocycles. The van der Waals surface area contributed by atoms with Crippen LogP contribution in [-0.4, -0.2) is 30.0 Å². The van der Waals surface area contributed by atoms with Gasteiger partial charge < -0.3 is 11.1 Å². The number of nitrogen functional groups attached to an aromatic ring is 1. The number of amides is 1. The average molecular weight is 407 g/mol. The van der Waals surface area contributed by atoms with E-state index in [1.54, 1.807) is 23.2 Å². The number of hydrogen-bond acceptors (Lipinski definition) is 4. The summed E-state index contributed by atoms with van der Waals surface area (Å²) in [7, 11) is 0. The Morgan fingerprint density at radius 3 is 2.59 bits per heavy atom. The monoisotopic (exact) mass is 406 g/mol. The molecular formula is C23H23ClN4O. The van der Waals surface area contributed by atoms with Crippen LogP contribution in [0.2, 0.25) is 5.02 Å². The van der Waals surface area contributed by atoms with Crippen molar-refractivity contribution in [1.82, 2.24) is 10.3 Å². The number of para-hydroxylation sites is 1. The molecule has 1 saturated heterocycles. The number of anilines is 2. The number of nitrogens with two attached hydrogens (primary N) is 1. The number of nitrogens with zero attached hydrogens (tertiary/aromatic N) is 2. The van der Waals surface area contributed by atoms with Crippen LogP contribution >= 0.6 is 11.6 Å². The summed E-state index contributed by atoms with van der Waals surface area (Å²) in [5.41, 5.74) is 9.31. The molecule has 1 aromatic heterocycles. The normalized spacial score (nSPS) is 16.4. The third kappa shape index (κ3) is 4.11. The van der Waals surface area contributed by atoms with Gasteiger partial charge in [-0.05, 0) is 55.3 Å². The first-order valence-corrected chi connectivity index (χ1v) is 10.1. The maximum absolute atomic E-state index is 13.5. The van der Waals surface area contributed by atoms with Gasteiger partial charge in [-0.1, -0.05) is 41.9 Å². The summed E-state index contributed by atoms with van der Waals surface area (Å²) in [5.74, 6) is 0.399. The molecule has 1 amide bonds. The van der Waals surface area contributed by atoms with Gasteiger partial charge in [0.25, 0.3) is 5.91 Å². The van der Waals surface area contributed by atoms with Crippen molar-refractivity contribution in [3.05, 3.63) is 77.4 Å². The van der Waals surface area contributed by atoms with Gasteiger partial charge in [0.2, 0.25) is 0 Å². The van der Waals surface area contributed by atoms with Gasteiger partial charge in [-0.25, -0.2) is 4.98 Å². The summed E-state index contributed by atoms with van der Waals surface area (Å²) in [5, 5.41) is 3.84. The number of piperidine rings is 1. The highest BCUT2D eigenvalue weighted by atomic mass is 35.5. The smallest absolute Gasteiger partial charge is 0.259 e. The number of carbonyl (C=O) groups is 1. The van der Waals surface area contributed by atoms with Crippen LogP contribution in [0.5, 0.6) is 0 Å². The fourth-order valence-corrected chi connectivity index (χ4v) is 3.95. The van der Waals surface area contributed by atoms with Crippen LogP contribution in [0, 0.1) is 0 Å². The molecule has 0 spiro atoms. The van der Waals surface area contributed by atoms with Crippen LogP contribution in [0.25, 0.3) is 11.1 Å². The predicted octanol–water partition coefficient (Wildman–Crippen LogP) is 4.38. The lowest BCUT2D eigenvalue weighted by Gasteiger charge is -2.34. The van der Waals surface area contributed by atoms with E-state index in [2.05, 4.69) is 10.3 Å². The highest BCUT2D eigenvalue weighted by molar-refractivity contribution is 6.33. The Balaban J connectivity index is 1.67. The molecule has 6 heteroatoms. The highest BCUT2D eigenvalue weighted by Gasteiger charge is 2.30. The zero-order chi connectivity index (χ0) is 20.2. The summed E-state index contributed by atoms with van der Waals surface area (Å²) >= 11 is 6.40. The molecule has 0 radical (unpaired) electrons. The molecule has 4 rings (SSSR count). The number of hydrogen-bond donors (Lipinski definition) is 2. The first kappa shape index (κ1) is 19.4. The van der Waals surface area contributed by atoms with Gasteiger partial charge in [0.15, 0.2) is 5.82 Å². The second kappa shape index (κ2) is 8.64. The Bertz CT molecular complexity index is 1000. The Morgan fingerprint density at radius 1 is 1.10 bits per heavy atom. The van der Waals surface area contributed by atoms with Gasteiger partial charge in [-0.3, -0.25) is 9.69 Å². The molecule has 5 nitrogen and oxygen atoms in total. The predicted molar refractivity (Wildman–Crippen MR) is 118 cm³/mol. The molecular weight excluding hydrogens is 384 g/mol. The van der Waals surface area contributed by atoms with Crippen molar-refractivity contribution in [3.8, 4) is 11.1 Å². The van der Waals surface area contributed by atoms with Crippen molar-refractivity contribution >= 4 is 29.0 Å². The van der Waals surface area contributed by atoms with Crippen molar-refractivity contribution in [3.63, 3.8) is 0 Å². The lowest BCUT2D eigenvalue weighted by molar-refractivity contribution is 0.0971. The van der Waals surface area contributed by atoms with E-state index in [0.29, 0.717) is 22.1 Å². The molecule has 0 unspecified atom stereocenters. The molecule has 29 heavy (non-hydrogen) atoms. The average Bonchev–Trinajstić information content (AvgIpc) is 2.76. The van der Waals surface area contributed by atoms with Crippen molar-refractivity contribution < 1.29 is 4.79 Å². The van der Waals surface area contributed by atoms with Gasteiger partial charge in [-0.15, -0.1) is 0 Å². The minimum absolute atomic E-state index is 0.00749. The zero-order valence-corrected chi connectivity index (χ0v) is 16.8. The first-order chi connectivity index (χ1) is 14.1. The van der Waals surface area contributed by atoms with E-state index in [9.17, 15) is 4.79 Å². The van der Waals surface area contributed by atoms with Crippen LogP contribution in [0.3, 0.4) is 0 Å². The Morgan fingerprint density at radius 2 is 1.90 bits per heavy atom. The molecule has 1 fully saturated rings. The van der Waals surface area contributed by atoms with E-state index in [4.69, 9.17) is 17.3 Å². The molecule has 1 aliphatic rings. The molecule has 3 aromatic rings. The second-order valence-electron chi connectivity index (χ2n) is 7.15. The number of rotatable bonds is 4. The van der Waals surface area contributed by atoms with E-state index in [0.717, 1.165) is 37.1 Å². The van der Waals surface area contributed by atoms with E-state index in [1.165, 1.54) is 0 Å². The third-order valence-corrected chi connectivity index (χ3v) is 5.52. The molecule has 2 heterocycles. The number of benzene rings is 2. The maximum atomic E-state index is 13.5. The Kier molecular flexibility index (Phi) is 5.79. The van der Waals surface area contributed by atoms with Crippen LogP contribution in [0.4, 0.5) is 11.5 Å². The lowest BCUT2D eigenvalue weighted by atomic mass is 10.0. The largest absolute Gasteiger partial charge is 0.398 e. The summed E-state index contributed by atoms with van der Waals surface area (Å²) in [6.45, 7) is 1.68. The Hall–Kier alpha value is -2.89. The minimum Gasteiger partial charge on any atom is -0.398 e. The minimum atomic E-state index is -0.105. The number of pyridine rings is 1. The topological polar surface area (TPSA) is 71.2 Å². The van der Waals surface area contributed by atoms with Gasteiger partial charge in [0.05, 0.1) is 11.1 Å². The highest BCUT2D eigenvalue weighted by Crippen LogP contribution is 2.30. The van der Waals surface area contributed by atoms with Crippen molar-refractivity contribution in [2.24, 2.45) is 0 Å². The van der Waals surface area contributed by atoms with Crippen molar-refractivity contribution in [1.29, 1.82) is 0 Å². The van der Waals surface area contributed by atoms with E-state index < -0.39 is 0 Å². The van der Waals surface area contributed by atoms with Gasteiger partial charge in [0, 0.05) is 29.6 Å². The lowest BCUT2D eigenvalue weighted by Crippen LogP contribution is -2.49. The zero-order valence-electron chi connectivity index (χ0n) is 16.0. The molecule has 1 aliphatic heterocycles. The van der Waals surface area contributed by atoms with Gasteiger partial charge >= 0.3 is 0 Å². The number of halogens is 1. The van der Waals surface area contributed by atoms with Gasteiger partial charge in [0.1, 0.15) is 0 Å². The van der Waals surface area contributed by atoms with E-state index in [1.807, 2.05) is 48.5 Å². The molecule has 0 bridgehead atoms.